The Morgan fingerprint density at radius 1 is 1.12 bits per heavy atom. The first-order valence-corrected chi connectivity index (χ1v) is 9.80. The lowest BCUT2D eigenvalue weighted by molar-refractivity contribution is -0.143. The summed E-state index contributed by atoms with van der Waals surface area (Å²) < 4.78 is 45.0. The van der Waals surface area contributed by atoms with E-state index in [2.05, 4.69) is 0 Å². The first kappa shape index (κ1) is 20.4. The second kappa shape index (κ2) is 9.12. The van der Waals surface area contributed by atoms with Gasteiger partial charge in [0, 0.05) is 18.1 Å². The Morgan fingerprint density at radius 3 is 2.31 bits per heavy atom. The highest BCUT2D eigenvalue weighted by atomic mass is 35.5. The van der Waals surface area contributed by atoms with Gasteiger partial charge in [0.15, 0.2) is 0 Å². The number of ether oxygens (including phenoxy) is 1. The van der Waals surface area contributed by atoms with Gasteiger partial charge in [-0.3, -0.25) is 4.79 Å². The summed E-state index contributed by atoms with van der Waals surface area (Å²) in [5.74, 6) is -1.01. The molecule has 0 unspecified atom stereocenters. The van der Waals surface area contributed by atoms with Crippen molar-refractivity contribution in [2.24, 2.45) is 0 Å². The van der Waals surface area contributed by atoms with Gasteiger partial charge in [-0.15, -0.1) is 0 Å². The van der Waals surface area contributed by atoms with Gasteiger partial charge < -0.3 is 4.74 Å². The minimum absolute atomic E-state index is 0.0447. The van der Waals surface area contributed by atoms with Crippen LogP contribution in [0.1, 0.15) is 18.9 Å². The molecule has 2 aromatic carbocycles. The third-order valence-electron chi connectivity index (χ3n) is 3.59. The molecule has 0 aromatic heterocycles. The van der Waals surface area contributed by atoms with Gasteiger partial charge in [-0.25, -0.2) is 12.8 Å². The van der Waals surface area contributed by atoms with Gasteiger partial charge in [-0.2, -0.15) is 4.31 Å². The molecule has 0 aliphatic carbocycles. The normalized spacial score (nSPS) is 11.5. The molecule has 8 heteroatoms. The predicted octanol–water partition coefficient (Wildman–Crippen LogP) is 3.62. The van der Waals surface area contributed by atoms with E-state index in [1.807, 2.05) is 0 Å². The number of carbonyl (C=O) groups is 1. The molecular formula is C18H19ClFNO4S. The lowest BCUT2D eigenvalue weighted by Gasteiger charge is -2.22. The van der Waals surface area contributed by atoms with Gasteiger partial charge in [0.05, 0.1) is 17.9 Å². The standard InChI is InChI=1S/C18H19ClFNO4S/c1-2-25-18(22)11-12-21(13-14-3-5-15(19)6-4-14)26(23,24)17-9-7-16(20)8-10-17/h3-10H,2,11-13H2,1H3. The Bertz CT molecular complexity index is 838. The molecule has 0 aliphatic rings. The highest BCUT2D eigenvalue weighted by Crippen LogP contribution is 2.20. The monoisotopic (exact) mass is 399 g/mol. The van der Waals surface area contributed by atoms with Crippen LogP contribution in [0.25, 0.3) is 0 Å². The third-order valence-corrected chi connectivity index (χ3v) is 5.71. The molecule has 0 saturated carbocycles. The summed E-state index contributed by atoms with van der Waals surface area (Å²) in [6, 6.07) is 11.3. The minimum Gasteiger partial charge on any atom is -0.466 e. The molecular weight excluding hydrogens is 381 g/mol. The molecule has 26 heavy (non-hydrogen) atoms. The Balaban J connectivity index is 2.27. The number of benzene rings is 2. The van der Waals surface area contributed by atoms with Crippen LogP contribution in [-0.4, -0.2) is 31.8 Å². The van der Waals surface area contributed by atoms with Gasteiger partial charge in [0.25, 0.3) is 0 Å². The maximum Gasteiger partial charge on any atom is 0.307 e. The predicted molar refractivity (Wildman–Crippen MR) is 96.7 cm³/mol. The van der Waals surface area contributed by atoms with Crippen LogP contribution in [0.5, 0.6) is 0 Å². The zero-order valence-corrected chi connectivity index (χ0v) is 15.8. The lowest BCUT2D eigenvalue weighted by Crippen LogP contribution is -2.33. The van der Waals surface area contributed by atoms with Crippen LogP contribution in [0, 0.1) is 5.82 Å². The molecule has 0 spiro atoms. The Labute approximate surface area is 157 Å². The number of carbonyl (C=O) groups excluding carboxylic acids is 1. The fraction of sp³-hybridized carbons (Fsp3) is 0.278. The fourth-order valence-corrected chi connectivity index (χ4v) is 3.84. The van der Waals surface area contributed by atoms with E-state index in [1.54, 1.807) is 31.2 Å². The van der Waals surface area contributed by atoms with E-state index in [1.165, 1.54) is 16.4 Å². The summed E-state index contributed by atoms with van der Waals surface area (Å²) in [6.07, 6.45) is -0.0815. The maximum atomic E-state index is 13.1. The van der Waals surface area contributed by atoms with Gasteiger partial charge in [0.2, 0.25) is 10.0 Å². The average Bonchev–Trinajstić information content (AvgIpc) is 2.60. The number of sulfonamides is 1. The molecule has 0 aliphatic heterocycles. The van der Waals surface area contributed by atoms with Crippen molar-refractivity contribution in [2.45, 2.75) is 24.8 Å². The number of esters is 1. The lowest BCUT2D eigenvalue weighted by atomic mass is 10.2. The Kier molecular flexibility index (Phi) is 7.14. The molecule has 0 saturated heterocycles. The van der Waals surface area contributed by atoms with Gasteiger partial charge in [-0.1, -0.05) is 23.7 Å². The zero-order chi connectivity index (χ0) is 19.2. The Morgan fingerprint density at radius 2 is 1.73 bits per heavy atom. The van der Waals surface area contributed by atoms with Crippen molar-refractivity contribution >= 4 is 27.6 Å². The molecule has 5 nitrogen and oxygen atoms in total. The van der Waals surface area contributed by atoms with Crippen LogP contribution in [0.4, 0.5) is 4.39 Å². The van der Waals surface area contributed by atoms with Gasteiger partial charge >= 0.3 is 5.97 Å². The topological polar surface area (TPSA) is 63.7 Å². The second-order valence-electron chi connectivity index (χ2n) is 5.47. The molecule has 0 amide bonds. The van der Waals surface area contributed by atoms with Gasteiger partial charge in [0.1, 0.15) is 5.82 Å². The summed E-state index contributed by atoms with van der Waals surface area (Å²) in [5.41, 5.74) is 0.712. The van der Waals surface area contributed by atoms with E-state index in [-0.39, 0.29) is 31.0 Å². The average molecular weight is 400 g/mol. The Hall–Kier alpha value is -1.96. The summed E-state index contributed by atoms with van der Waals surface area (Å²) in [5, 5.41) is 0.535. The summed E-state index contributed by atoms with van der Waals surface area (Å²) >= 11 is 5.86. The maximum absolute atomic E-state index is 13.1. The van der Waals surface area contributed by atoms with E-state index in [0.717, 1.165) is 12.1 Å². The van der Waals surface area contributed by atoms with Crippen LogP contribution in [-0.2, 0) is 26.1 Å². The van der Waals surface area contributed by atoms with Crippen molar-refractivity contribution in [2.75, 3.05) is 13.2 Å². The van der Waals surface area contributed by atoms with E-state index < -0.39 is 21.8 Å². The molecule has 0 fully saturated rings. The molecule has 2 rings (SSSR count). The molecule has 0 bridgehead atoms. The quantitative estimate of drug-likeness (QED) is 0.636. The van der Waals surface area contributed by atoms with Crippen LogP contribution >= 0.6 is 11.6 Å². The van der Waals surface area contributed by atoms with Crippen molar-refractivity contribution in [1.82, 2.24) is 4.31 Å². The van der Waals surface area contributed by atoms with E-state index >= 15 is 0 Å². The van der Waals surface area contributed by atoms with Gasteiger partial charge in [-0.05, 0) is 48.9 Å². The van der Waals surface area contributed by atoms with Crippen LogP contribution in [0.15, 0.2) is 53.4 Å². The highest BCUT2D eigenvalue weighted by Gasteiger charge is 2.25. The number of nitrogens with zero attached hydrogens (tertiary/aromatic N) is 1. The molecule has 140 valence electrons. The first-order chi connectivity index (χ1) is 12.3. The fourth-order valence-electron chi connectivity index (χ4n) is 2.28. The zero-order valence-electron chi connectivity index (χ0n) is 14.2. The van der Waals surface area contributed by atoms with Crippen molar-refractivity contribution in [1.29, 1.82) is 0 Å². The van der Waals surface area contributed by atoms with Crippen molar-refractivity contribution in [3.63, 3.8) is 0 Å². The largest absolute Gasteiger partial charge is 0.466 e. The van der Waals surface area contributed by atoms with Crippen LogP contribution < -0.4 is 0 Å². The number of hydrogen-bond acceptors (Lipinski definition) is 4. The van der Waals surface area contributed by atoms with E-state index in [0.29, 0.717) is 10.6 Å². The molecule has 2 aromatic rings. The van der Waals surface area contributed by atoms with Crippen molar-refractivity contribution in [3.8, 4) is 0 Å². The highest BCUT2D eigenvalue weighted by molar-refractivity contribution is 7.89. The van der Waals surface area contributed by atoms with Crippen molar-refractivity contribution in [3.05, 3.63) is 64.9 Å². The number of rotatable bonds is 8. The molecule has 0 N–H and O–H groups in total. The smallest absolute Gasteiger partial charge is 0.307 e. The summed E-state index contributed by atoms with van der Waals surface area (Å²) in [4.78, 5) is 11.6. The van der Waals surface area contributed by atoms with Crippen molar-refractivity contribution < 1.29 is 22.3 Å². The first-order valence-electron chi connectivity index (χ1n) is 7.98. The molecule has 0 radical (unpaired) electrons. The van der Waals surface area contributed by atoms with E-state index in [9.17, 15) is 17.6 Å². The number of hydrogen-bond donors (Lipinski definition) is 0. The summed E-state index contributed by atoms with van der Waals surface area (Å²) in [7, 11) is -3.91. The summed E-state index contributed by atoms with van der Waals surface area (Å²) in [6.45, 7) is 1.90. The van der Waals surface area contributed by atoms with Crippen LogP contribution in [0.2, 0.25) is 5.02 Å². The second-order valence-corrected chi connectivity index (χ2v) is 7.85. The SMILES string of the molecule is CCOC(=O)CCN(Cc1ccc(Cl)cc1)S(=O)(=O)c1ccc(F)cc1. The van der Waals surface area contributed by atoms with E-state index in [4.69, 9.17) is 16.3 Å². The molecule has 0 heterocycles. The molecule has 0 atom stereocenters. The minimum atomic E-state index is -3.91. The van der Waals surface area contributed by atoms with Crippen LogP contribution in [0.3, 0.4) is 0 Å². The number of halogens is 2. The third kappa shape index (κ3) is 5.52.